The van der Waals surface area contributed by atoms with E-state index in [1.807, 2.05) is 38.1 Å². The molecule has 0 bridgehead atoms. The maximum absolute atomic E-state index is 13.3. The second-order valence-electron chi connectivity index (χ2n) is 6.25. The molecule has 0 aliphatic rings. The number of unbranched alkanes of at least 4 members (excludes halogenated alkanes) is 1. The first kappa shape index (κ1) is 21.0. The topological polar surface area (TPSA) is 38.2 Å². The lowest BCUT2D eigenvalue weighted by molar-refractivity contribution is -0.139. The van der Waals surface area contributed by atoms with E-state index in [2.05, 4.69) is 16.9 Å². The fraction of sp³-hybridized carbons (Fsp3) is 0.500. The number of hydrogen-bond acceptors (Lipinski definition) is 4. The highest BCUT2D eigenvalue weighted by atomic mass is 19.4. The number of hydrogen-bond donors (Lipinski definition) is 0. The lowest BCUT2D eigenvalue weighted by Gasteiger charge is -2.23. The quantitative estimate of drug-likeness (QED) is 0.516. The molecular formula is C20H26F3N3O. The summed E-state index contributed by atoms with van der Waals surface area (Å²) in [4.78, 5) is 9.86. The molecule has 148 valence electrons. The first-order chi connectivity index (χ1) is 12.9. The Morgan fingerprint density at radius 2 is 1.89 bits per heavy atom. The van der Waals surface area contributed by atoms with Crippen molar-refractivity contribution in [1.82, 2.24) is 9.97 Å². The molecule has 1 aromatic heterocycles. The highest BCUT2D eigenvalue weighted by Gasteiger charge is 2.36. The molecular weight excluding hydrogens is 355 g/mol. The van der Waals surface area contributed by atoms with Crippen molar-refractivity contribution in [3.63, 3.8) is 0 Å². The minimum atomic E-state index is -4.56. The zero-order valence-electron chi connectivity index (χ0n) is 16.0. The molecule has 1 aromatic carbocycles. The number of halogens is 3. The smallest absolute Gasteiger partial charge is 0.423 e. The molecule has 7 heteroatoms. The van der Waals surface area contributed by atoms with Gasteiger partial charge in [0, 0.05) is 18.4 Å². The molecule has 0 amide bonds. The first-order valence-corrected chi connectivity index (χ1v) is 9.34. The van der Waals surface area contributed by atoms with E-state index in [-0.39, 0.29) is 12.6 Å². The third kappa shape index (κ3) is 5.58. The molecule has 0 N–H and O–H groups in total. The number of alkyl halides is 3. The van der Waals surface area contributed by atoms with Gasteiger partial charge in [-0.25, -0.2) is 4.98 Å². The maximum Gasteiger partial charge on any atom is 0.423 e. The Bertz CT molecular complexity index is 735. The Kier molecular flexibility index (Phi) is 7.45. The van der Waals surface area contributed by atoms with Gasteiger partial charge in [-0.05, 0) is 37.5 Å². The van der Waals surface area contributed by atoms with Gasteiger partial charge in [0.15, 0.2) is 0 Å². The van der Waals surface area contributed by atoms with Crippen LogP contribution in [0.4, 0.5) is 24.8 Å². The summed E-state index contributed by atoms with van der Waals surface area (Å²) in [7, 11) is 0. The van der Waals surface area contributed by atoms with Gasteiger partial charge < -0.3 is 9.64 Å². The van der Waals surface area contributed by atoms with Crippen molar-refractivity contribution in [2.24, 2.45) is 0 Å². The predicted octanol–water partition coefficient (Wildman–Crippen LogP) is 5.78. The Balaban J connectivity index is 2.39. The van der Waals surface area contributed by atoms with Gasteiger partial charge in [-0.3, -0.25) is 0 Å². The molecule has 0 atom stereocenters. The molecule has 0 saturated heterocycles. The van der Waals surface area contributed by atoms with Crippen LogP contribution in [0.25, 0.3) is 0 Å². The number of benzene rings is 1. The third-order valence-electron chi connectivity index (χ3n) is 4.10. The summed E-state index contributed by atoms with van der Waals surface area (Å²) in [5.74, 6) is -0.213. The largest absolute Gasteiger partial charge is 0.477 e. The fourth-order valence-electron chi connectivity index (χ4n) is 2.71. The molecule has 27 heavy (non-hydrogen) atoms. The molecule has 0 aliphatic heterocycles. The number of anilines is 2. The highest BCUT2D eigenvalue weighted by molar-refractivity contribution is 5.58. The van der Waals surface area contributed by atoms with E-state index in [0.29, 0.717) is 13.0 Å². The summed E-state index contributed by atoms with van der Waals surface area (Å²) >= 11 is 0. The van der Waals surface area contributed by atoms with E-state index in [1.165, 1.54) is 5.56 Å². The molecule has 4 nitrogen and oxygen atoms in total. The van der Waals surface area contributed by atoms with E-state index < -0.39 is 17.6 Å². The van der Waals surface area contributed by atoms with Crippen LogP contribution >= 0.6 is 0 Å². The van der Waals surface area contributed by atoms with E-state index >= 15 is 0 Å². The number of aromatic nitrogens is 2. The molecule has 1 heterocycles. The zero-order chi connectivity index (χ0) is 19.9. The minimum absolute atomic E-state index is 0.189. The van der Waals surface area contributed by atoms with Gasteiger partial charge in [0.05, 0.1) is 6.61 Å². The summed E-state index contributed by atoms with van der Waals surface area (Å²) in [6.07, 6.45) is -0.315. The van der Waals surface area contributed by atoms with Crippen molar-refractivity contribution >= 4 is 11.6 Å². The molecule has 0 aliphatic carbocycles. The van der Waals surface area contributed by atoms with Crippen LogP contribution in [0.15, 0.2) is 30.5 Å². The second-order valence-corrected chi connectivity index (χ2v) is 6.25. The molecule has 0 radical (unpaired) electrons. The van der Waals surface area contributed by atoms with Gasteiger partial charge in [-0.1, -0.05) is 38.8 Å². The summed E-state index contributed by atoms with van der Waals surface area (Å²) in [6, 6.07) is 7.90. The van der Waals surface area contributed by atoms with Crippen molar-refractivity contribution in [3.8, 4) is 5.88 Å². The van der Waals surface area contributed by atoms with Crippen molar-refractivity contribution in [2.75, 3.05) is 18.1 Å². The molecule has 0 unspecified atom stereocenters. The molecule has 2 aromatic rings. The summed E-state index contributed by atoms with van der Waals surface area (Å²) in [5, 5.41) is 0. The van der Waals surface area contributed by atoms with Crippen LogP contribution in [0.3, 0.4) is 0 Å². The number of rotatable bonds is 9. The lowest BCUT2D eigenvalue weighted by atomic mass is 10.1. The summed E-state index contributed by atoms with van der Waals surface area (Å²) in [6.45, 7) is 6.67. The Labute approximate surface area is 158 Å². The van der Waals surface area contributed by atoms with Crippen LogP contribution in [0, 0.1) is 0 Å². The van der Waals surface area contributed by atoms with Gasteiger partial charge in [0.1, 0.15) is 5.56 Å². The van der Waals surface area contributed by atoms with E-state index in [9.17, 15) is 13.2 Å². The maximum atomic E-state index is 13.3. The Hall–Kier alpha value is -2.31. The Morgan fingerprint density at radius 3 is 2.52 bits per heavy atom. The van der Waals surface area contributed by atoms with Crippen molar-refractivity contribution in [3.05, 3.63) is 41.6 Å². The summed E-state index contributed by atoms with van der Waals surface area (Å²) < 4.78 is 45.1. The molecule has 0 fully saturated rings. The van der Waals surface area contributed by atoms with Gasteiger partial charge in [0.25, 0.3) is 0 Å². The zero-order valence-corrected chi connectivity index (χ0v) is 16.0. The van der Waals surface area contributed by atoms with Gasteiger partial charge >= 0.3 is 6.18 Å². The van der Waals surface area contributed by atoms with E-state index in [1.54, 1.807) is 4.90 Å². The van der Waals surface area contributed by atoms with Gasteiger partial charge in [0.2, 0.25) is 11.8 Å². The average molecular weight is 381 g/mol. The van der Waals surface area contributed by atoms with Crippen LogP contribution in [0.2, 0.25) is 0 Å². The number of nitrogens with zero attached hydrogens (tertiary/aromatic N) is 3. The molecule has 2 rings (SSSR count). The van der Waals surface area contributed by atoms with Crippen LogP contribution in [-0.4, -0.2) is 23.1 Å². The minimum Gasteiger partial charge on any atom is -0.477 e. The third-order valence-corrected chi connectivity index (χ3v) is 4.10. The predicted molar refractivity (Wildman–Crippen MR) is 101 cm³/mol. The fourth-order valence-corrected chi connectivity index (χ4v) is 2.71. The van der Waals surface area contributed by atoms with Crippen molar-refractivity contribution in [2.45, 2.75) is 52.6 Å². The molecule has 0 saturated carbocycles. The first-order valence-electron chi connectivity index (χ1n) is 9.34. The summed E-state index contributed by atoms with van der Waals surface area (Å²) in [5.41, 5.74) is 1.07. The monoisotopic (exact) mass is 381 g/mol. The SMILES string of the molecule is CCCCOc1nc(N(CC)c2cccc(CCC)c2)ncc1C(F)(F)F. The standard InChI is InChI=1S/C20H26F3N3O/c1-4-7-12-27-18-17(20(21,22)23)14-24-19(25-18)26(6-3)16-11-8-10-15(13-16)9-5-2/h8,10-11,13-14H,4-7,9,12H2,1-3H3. The van der Waals surface area contributed by atoms with Crippen LogP contribution in [0.1, 0.15) is 51.2 Å². The molecule has 0 spiro atoms. The number of aryl methyl sites for hydroxylation is 1. The van der Waals surface area contributed by atoms with Crippen LogP contribution in [0.5, 0.6) is 5.88 Å². The lowest BCUT2D eigenvalue weighted by Crippen LogP contribution is -2.21. The highest BCUT2D eigenvalue weighted by Crippen LogP contribution is 2.36. The van der Waals surface area contributed by atoms with E-state index in [4.69, 9.17) is 4.74 Å². The van der Waals surface area contributed by atoms with E-state index in [0.717, 1.165) is 31.1 Å². The second kappa shape index (κ2) is 9.58. The van der Waals surface area contributed by atoms with Crippen molar-refractivity contribution < 1.29 is 17.9 Å². The number of ether oxygens (including phenoxy) is 1. The average Bonchev–Trinajstić information content (AvgIpc) is 2.62. The van der Waals surface area contributed by atoms with Crippen LogP contribution < -0.4 is 9.64 Å². The van der Waals surface area contributed by atoms with Gasteiger partial charge in [-0.15, -0.1) is 0 Å². The van der Waals surface area contributed by atoms with Crippen LogP contribution in [-0.2, 0) is 12.6 Å². The van der Waals surface area contributed by atoms with Crippen molar-refractivity contribution in [1.29, 1.82) is 0 Å². The normalized spacial score (nSPS) is 11.5. The van der Waals surface area contributed by atoms with Gasteiger partial charge in [-0.2, -0.15) is 18.2 Å². The Morgan fingerprint density at radius 1 is 1.11 bits per heavy atom.